The molecule has 30 heavy (non-hydrogen) atoms. The molecule has 1 aliphatic rings. The SMILES string of the molecule is Cc1cc(C=Nc2ccc(N3CCOCC3)cc2)c(C)n1NC(=O)c1ccccc1. The molecule has 3 aromatic rings. The summed E-state index contributed by atoms with van der Waals surface area (Å²) in [7, 11) is 0. The van der Waals surface area contributed by atoms with Crippen LogP contribution in [0.1, 0.15) is 27.3 Å². The maximum Gasteiger partial charge on any atom is 0.270 e. The number of amides is 1. The van der Waals surface area contributed by atoms with E-state index in [4.69, 9.17) is 4.74 Å². The van der Waals surface area contributed by atoms with Crippen LogP contribution in [0.5, 0.6) is 0 Å². The van der Waals surface area contributed by atoms with Gasteiger partial charge in [0.05, 0.1) is 18.9 Å². The van der Waals surface area contributed by atoms with E-state index in [1.54, 1.807) is 16.8 Å². The second-order valence-electron chi connectivity index (χ2n) is 7.34. The van der Waals surface area contributed by atoms with Crippen LogP contribution < -0.4 is 10.3 Å². The maximum absolute atomic E-state index is 12.5. The zero-order chi connectivity index (χ0) is 20.9. The number of aliphatic imine (C=N–C) groups is 1. The first-order valence-corrected chi connectivity index (χ1v) is 10.1. The minimum Gasteiger partial charge on any atom is -0.378 e. The number of morpholine rings is 1. The molecule has 0 saturated carbocycles. The number of benzene rings is 2. The van der Waals surface area contributed by atoms with Crippen molar-refractivity contribution in [2.24, 2.45) is 4.99 Å². The van der Waals surface area contributed by atoms with E-state index in [2.05, 4.69) is 27.5 Å². The number of hydrogen-bond donors (Lipinski definition) is 1. The minimum atomic E-state index is -0.139. The summed E-state index contributed by atoms with van der Waals surface area (Å²) in [5, 5.41) is 0. The van der Waals surface area contributed by atoms with Gasteiger partial charge in [0.2, 0.25) is 0 Å². The zero-order valence-electron chi connectivity index (χ0n) is 17.3. The van der Waals surface area contributed by atoms with Gasteiger partial charge < -0.3 is 9.64 Å². The Kier molecular flexibility index (Phi) is 5.95. The van der Waals surface area contributed by atoms with E-state index in [1.165, 1.54) is 5.69 Å². The van der Waals surface area contributed by atoms with Crippen molar-refractivity contribution in [3.05, 3.63) is 83.2 Å². The van der Waals surface area contributed by atoms with Gasteiger partial charge >= 0.3 is 0 Å². The van der Waals surface area contributed by atoms with Crippen LogP contribution in [0.25, 0.3) is 0 Å². The molecule has 0 unspecified atom stereocenters. The van der Waals surface area contributed by atoms with Gasteiger partial charge in [-0.15, -0.1) is 0 Å². The highest BCUT2D eigenvalue weighted by atomic mass is 16.5. The molecule has 2 aromatic carbocycles. The first-order chi connectivity index (χ1) is 14.6. The summed E-state index contributed by atoms with van der Waals surface area (Å²) in [6, 6.07) is 19.5. The van der Waals surface area contributed by atoms with Crippen molar-refractivity contribution in [2.75, 3.05) is 36.6 Å². The van der Waals surface area contributed by atoms with Crippen molar-refractivity contribution < 1.29 is 9.53 Å². The highest BCUT2D eigenvalue weighted by Crippen LogP contribution is 2.21. The van der Waals surface area contributed by atoms with Crippen LogP contribution in [0.15, 0.2) is 65.7 Å². The number of hydrogen-bond acceptors (Lipinski definition) is 4. The van der Waals surface area contributed by atoms with Crippen LogP contribution in [0.2, 0.25) is 0 Å². The Balaban J connectivity index is 1.46. The Morgan fingerprint density at radius 3 is 2.43 bits per heavy atom. The molecule has 0 aliphatic carbocycles. The van der Waals surface area contributed by atoms with E-state index in [0.29, 0.717) is 5.56 Å². The molecule has 0 spiro atoms. The predicted molar refractivity (Wildman–Crippen MR) is 121 cm³/mol. The number of anilines is 1. The second-order valence-corrected chi connectivity index (χ2v) is 7.34. The Bertz CT molecular complexity index is 1030. The molecule has 6 heteroatoms. The Hall–Kier alpha value is -3.38. The lowest BCUT2D eigenvalue weighted by Gasteiger charge is -2.28. The van der Waals surface area contributed by atoms with Gasteiger partial charge in [0.25, 0.3) is 5.91 Å². The average molecular weight is 402 g/mol. The van der Waals surface area contributed by atoms with Gasteiger partial charge in [-0.3, -0.25) is 19.9 Å². The molecule has 154 valence electrons. The Labute approximate surface area is 176 Å². The van der Waals surface area contributed by atoms with Gasteiger partial charge in [-0.25, -0.2) is 0 Å². The predicted octanol–water partition coefficient (Wildman–Crippen LogP) is 4.08. The van der Waals surface area contributed by atoms with Gasteiger partial charge in [0, 0.05) is 47.5 Å². The summed E-state index contributed by atoms with van der Waals surface area (Å²) in [5.74, 6) is -0.139. The summed E-state index contributed by atoms with van der Waals surface area (Å²) < 4.78 is 7.21. The molecule has 2 heterocycles. The molecule has 1 amide bonds. The lowest BCUT2D eigenvalue weighted by Crippen LogP contribution is -2.36. The fourth-order valence-electron chi connectivity index (χ4n) is 3.56. The van der Waals surface area contributed by atoms with Gasteiger partial charge in [-0.2, -0.15) is 0 Å². The summed E-state index contributed by atoms with van der Waals surface area (Å²) in [5.41, 5.74) is 8.52. The first-order valence-electron chi connectivity index (χ1n) is 10.1. The fraction of sp³-hybridized carbons (Fsp3) is 0.250. The molecule has 1 fully saturated rings. The Morgan fingerprint density at radius 2 is 1.73 bits per heavy atom. The van der Waals surface area contributed by atoms with E-state index in [-0.39, 0.29) is 5.91 Å². The summed E-state index contributed by atoms with van der Waals surface area (Å²) in [4.78, 5) is 19.4. The number of aryl methyl sites for hydroxylation is 1. The molecular weight excluding hydrogens is 376 g/mol. The summed E-state index contributed by atoms with van der Waals surface area (Å²) >= 11 is 0. The molecule has 1 aromatic heterocycles. The highest BCUT2D eigenvalue weighted by Gasteiger charge is 2.12. The second kappa shape index (κ2) is 8.97. The fourth-order valence-corrected chi connectivity index (χ4v) is 3.56. The van der Waals surface area contributed by atoms with E-state index in [1.807, 2.05) is 56.5 Å². The largest absolute Gasteiger partial charge is 0.378 e. The molecule has 1 aliphatic heterocycles. The minimum absolute atomic E-state index is 0.139. The lowest BCUT2D eigenvalue weighted by molar-refractivity contribution is 0.101. The maximum atomic E-state index is 12.5. The van der Waals surface area contributed by atoms with Crippen LogP contribution in [-0.2, 0) is 4.74 Å². The van der Waals surface area contributed by atoms with Crippen molar-refractivity contribution >= 4 is 23.5 Å². The summed E-state index contributed by atoms with van der Waals surface area (Å²) in [6.45, 7) is 7.33. The highest BCUT2D eigenvalue weighted by molar-refractivity contribution is 6.00. The van der Waals surface area contributed by atoms with Gasteiger partial charge in [0.15, 0.2) is 0 Å². The third-order valence-corrected chi connectivity index (χ3v) is 5.30. The van der Waals surface area contributed by atoms with Crippen molar-refractivity contribution in [3.63, 3.8) is 0 Å². The van der Waals surface area contributed by atoms with Crippen molar-refractivity contribution in [1.29, 1.82) is 0 Å². The first kappa shape index (κ1) is 19.9. The van der Waals surface area contributed by atoms with E-state index < -0.39 is 0 Å². The van der Waals surface area contributed by atoms with Crippen molar-refractivity contribution in [1.82, 2.24) is 4.68 Å². The number of nitrogens with one attached hydrogen (secondary N) is 1. The Morgan fingerprint density at radius 1 is 1.03 bits per heavy atom. The number of carbonyl (C=O) groups excluding carboxylic acids is 1. The van der Waals surface area contributed by atoms with Crippen molar-refractivity contribution in [3.8, 4) is 0 Å². The van der Waals surface area contributed by atoms with E-state index in [9.17, 15) is 4.79 Å². The smallest absolute Gasteiger partial charge is 0.270 e. The molecular formula is C24H26N4O2. The zero-order valence-corrected chi connectivity index (χ0v) is 17.3. The molecule has 4 rings (SSSR count). The number of ether oxygens (including phenoxy) is 1. The summed E-state index contributed by atoms with van der Waals surface area (Å²) in [6.07, 6.45) is 1.84. The third-order valence-electron chi connectivity index (χ3n) is 5.30. The quantitative estimate of drug-likeness (QED) is 0.655. The van der Waals surface area contributed by atoms with Crippen LogP contribution >= 0.6 is 0 Å². The van der Waals surface area contributed by atoms with Crippen molar-refractivity contribution in [2.45, 2.75) is 13.8 Å². The van der Waals surface area contributed by atoms with Gasteiger partial charge in [0.1, 0.15) is 0 Å². The average Bonchev–Trinajstić information content (AvgIpc) is 3.06. The van der Waals surface area contributed by atoms with Gasteiger partial charge in [-0.05, 0) is 56.3 Å². The number of carbonyl (C=O) groups is 1. The monoisotopic (exact) mass is 402 g/mol. The number of nitrogens with zero attached hydrogens (tertiary/aromatic N) is 3. The molecule has 1 N–H and O–H groups in total. The molecule has 0 atom stereocenters. The number of rotatable bonds is 5. The van der Waals surface area contributed by atoms with Crippen LogP contribution in [0, 0.1) is 13.8 Å². The molecule has 0 bridgehead atoms. The van der Waals surface area contributed by atoms with Gasteiger partial charge in [-0.1, -0.05) is 18.2 Å². The van der Waals surface area contributed by atoms with Crippen LogP contribution in [0.3, 0.4) is 0 Å². The normalized spacial score (nSPS) is 14.3. The lowest BCUT2D eigenvalue weighted by atomic mass is 10.2. The molecule has 6 nitrogen and oxygen atoms in total. The molecule has 1 saturated heterocycles. The van der Waals surface area contributed by atoms with Crippen LogP contribution in [-0.4, -0.2) is 43.1 Å². The standard InChI is InChI=1S/C24H26N4O2/c1-18-16-21(19(2)28(18)26-24(29)20-6-4-3-5-7-20)17-25-22-8-10-23(11-9-22)27-12-14-30-15-13-27/h3-11,16-17H,12-15H2,1-2H3,(H,26,29). The van der Waals surface area contributed by atoms with E-state index in [0.717, 1.165) is 48.9 Å². The number of aromatic nitrogens is 1. The van der Waals surface area contributed by atoms with E-state index >= 15 is 0 Å². The third kappa shape index (κ3) is 4.44. The topological polar surface area (TPSA) is 58.9 Å². The molecule has 0 radical (unpaired) electrons. The van der Waals surface area contributed by atoms with Crippen LogP contribution in [0.4, 0.5) is 11.4 Å².